The number of aliphatic imine (C=N–C) groups is 1. The second-order valence-corrected chi connectivity index (χ2v) is 4.19. The van der Waals surface area contributed by atoms with Crippen LogP contribution in [0, 0.1) is 0 Å². The molecule has 1 aromatic rings. The number of nitrogens with one attached hydrogen (secondary N) is 1. The molecule has 2 unspecified atom stereocenters. The van der Waals surface area contributed by atoms with Crippen molar-refractivity contribution in [1.29, 1.82) is 0 Å². The molecule has 1 fully saturated rings. The molecule has 3 N–H and O–H groups in total. The maximum Gasteiger partial charge on any atom is 0.188 e. The monoisotopic (exact) mass is 351 g/mol. The molecule has 1 aliphatic carbocycles. The zero-order valence-electron chi connectivity index (χ0n) is 8.98. The molecule has 1 saturated carbocycles. The highest BCUT2D eigenvalue weighted by Crippen LogP contribution is 2.41. The topological polar surface area (TPSA) is 50.4 Å². The molecular formula is C11H15ClIN3. The van der Waals surface area contributed by atoms with Crippen molar-refractivity contribution < 1.29 is 0 Å². The normalized spacial score (nSPS) is 23.5. The average Bonchev–Trinajstić information content (AvgIpc) is 2.97. The Bertz CT molecular complexity index is 395. The third-order valence-electron chi connectivity index (χ3n) is 2.64. The molecule has 1 aromatic carbocycles. The first kappa shape index (κ1) is 13.6. The highest BCUT2D eigenvalue weighted by Gasteiger charge is 2.38. The van der Waals surface area contributed by atoms with Crippen molar-refractivity contribution in [3.8, 4) is 0 Å². The van der Waals surface area contributed by atoms with Crippen LogP contribution in [0.3, 0.4) is 0 Å². The number of hydrogen-bond donors (Lipinski definition) is 2. The van der Waals surface area contributed by atoms with Gasteiger partial charge in [-0.15, -0.1) is 24.0 Å². The van der Waals surface area contributed by atoms with Crippen LogP contribution in [0.1, 0.15) is 17.9 Å². The van der Waals surface area contributed by atoms with E-state index in [1.165, 1.54) is 5.56 Å². The summed E-state index contributed by atoms with van der Waals surface area (Å²) in [5.41, 5.74) is 6.86. The van der Waals surface area contributed by atoms with Crippen molar-refractivity contribution in [3.63, 3.8) is 0 Å². The fourth-order valence-electron chi connectivity index (χ4n) is 1.71. The van der Waals surface area contributed by atoms with E-state index in [0.717, 1.165) is 11.4 Å². The molecule has 0 saturated heterocycles. The SMILES string of the molecule is CN=C(N)NC1CC1c1cccc(Cl)c1.I. The molecule has 3 nitrogen and oxygen atoms in total. The number of guanidine groups is 1. The first-order valence-corrected chi connectivity index (χ1v) is 5.32. The summed E-state index contributed by atoms with van der Waals surface area (Å²) in [5, 5.41) is 3.94. The van der Waals surface area contributed by atoms with Crippen molar-refractivity contribution in [3.05, 3.63) is 34.9 Å². The third-order valence-corrected chi connectivity index (χ3v) is 2.88. The number of rotatable bonds is 2. The first-order valence-electron chi connectivity index (χ1n) is 4.95. The molecule has 2 atom stereocenters. The largest absolute Gasteiger partial charge is 0.370 e. The maximum atomic E-state index is 5.93. The summed E-state index contributed by atoms with van der Waals surface area (Å²) in [7, 11) is 1.68. The van der Waals surface area contributed by atoms with E-state index in [-0.39, 0.29) is 24.0 Å². The molecule has 16 heavy (non-hydrogen) atoms. The lowest BCUT2D eigenvalue weighted by atomic mass is 10.1. The van der Waals surface area contributed by atoms with Crippen LogP contribution in [-0.4, -0.2) is 19.0 Å². The van der Waals surface area contributed by atoms with Crippen LogP contribution in [0.5, 0.6) is 0 Å². The van der Waals surface area contributed by atoms with E-state index < -0.39 is 0 Å². The van der Waals surface area contributed by atoms with Crippen LogP contribution in [0.4, 0.5) is 0 Å². The molecule has 0 amide bonds. The van der Waals surface area contributed by atoms with Crippen molar-refractivity contribution in [1.82, 2.24) is 5.32 Å². The van der Waals surface area contributed by atoms with Gasteiger partial charge in [-0.2, -0.15) is 0 Å². The Morgan fingerprint density at radius 2 is 2.31 bits per heavy atom. The second-order valence-electron chi connectivity index (χ2n) is 3.76. The number of halogens is 2. The van der Waals surface area contributed by atoms with Gasteiger partial charge in [-0.25, -0.2) is 0 Å². The average molecular weight is 352 g/mol. The van der Waals surface area contributed by atoms with Crippen LogP contribution in [-0.2, 0) is 0 Å². The second kappa shape index (κ2) is 5.72. The summed E-state index contributed by atoms with van der Waals surface area (Å²) in [5.74, 6) is 1.02. The molecule has 1 aliphatic rings. The minimum atomic E-state index is 0. The van der Waals surface area contributed by atoms with Gasteiger partial charge < -0.3 is 11.1 Å². The molecular weight excluding hydrogens is 336 g/mol. The molecule has 5 heteroatoms. The van der Waals surface area contributed by atoms with E-state index in [1.54, 1.807) is 7.05 Å². The smallest absolute Gasteiger partial charge is 0.188 e. The summed E-state index contributed by atoms with van der Waals surface area (Å²) in [4.78, 5) is 3.87. The zero-order valence-corrected chi connectivity index (χ0v) is 12.1. The number of nitrogens with two attached hydrogens (primary N) is 1. The van der Waals surface area contributed by atoms with E-state index in [4.69, 9.17) is 17.3 Å². The molecule has 0 bridgehead atoms. The van der Waals surface area contributed by atoms with E-state index >= 15 is 0 Å². The van der Waals surface area contributed by atoms with Gasteiger partial charge in [-0.3, -0.25) is 4.99 Å². The molecule has 88 valence electrons. The molecule has 0 heterocycles. The summed E-state index contributed by atoms with van der Waals surface area (Å²) in [6.07, 6.45) is 1.09. The van der Waals surface area contributed by atoms with E-state index in [1.807, 2.05) is 18.2 Å². The standard InChI is InChI=1S/C11H14ClN3.HI/c1-14-11(13)15-10-6-9(10)7-3-2-4-8(12)5-7;/h2-5,9-10H,6H2,1H3,(H3,13,14,15);1H. The van der Waals surface area contributed by atoms with Gasteiger partial charge in [-0.1, -0.05) is 23.7 Å². The zero-order chi connectivity index (χ0) is 10.8. The van der Waals surface area contributed by atoms with Gasteiger partial charge in [0.25, 0.3) is 0 Å². The van der Waals surface area contributed by atoms with Crippen LogP contribution in [0.25, 0.3) is 0 Å². The summed E-state index contributed by atoms with van der Waals surface area (Å²) in [6, 6.07) is 8.37. The number of nitrogens with zero attached hydrogens (tertiary/aromatic N) is 1. The van der Waals surface area contributed by atoms with E-state index in [2.05, 4.69) is 16.4 Å². The number of hydrogen-bond acceptors (Lipinski definition) is 1. The fraction of sp³-hybridized carbons (Fsp3) is 0.364. The first-order chi connectivity index (χ1) is 7.20. The van der Waals surface area contributed by atoms with Crippen molar-refractivity contribution in [2.45, 2.75) is 18.4 Å². The predicted molar refractivity (Wildman–Crippen MR) is 78.7 cm³/mol. The highest BCUT2D eigenvalue weighted by atomic mass is 127. The van der Waals surface area contributed by atoms with Crippen LogP contribution in [0.15, 0.2) is 29.3 Å². The Morgan fingerprint density at radius 3 is 2.94 bits per heavy atom. The van der Waals surface area contributed by atoms with Gasteiger partial charge >= 0.3 is 0 Å². The lowest BCUT2D eigenvalue weighted by Crippen LogP contribution is -2.33. The molecule has 0 spiro atoms. The van der Waals surface area contributed by atoms with E-state index in [0.29, 0.717) is 17.9 Å². The molecule has 0 aromatic heterocycles. The predicted octanol–water partition coefficient (Wildman–Crippen LogP) is 2.35. The quantitative estimate of drug-likeness (QED) is 0.488. The molecule has 0 aliphatic heterocycles. The lowest BCUT2D eigenvalue weighted by Gasteiger charge is -2.04. The third kappa shape index (κ3) is 3.25. The summed E-state index contributed by atoms with van der Waals surface area (Å²) in [6.45, 7) is 0. The van der Waals surface area contributed by atoms with Gasteiger partial charge in [0.1, 0.15) is 0 Å². The van der Waals surface area contributed by atoms with Crippen molar-refractivity contribution in [2.75, 3.05) is 7.05 Å². The van der Waals surface area contributed by atoms with Crippen LogP contribution >= 0.6 is 35.6 Å². The van der Waals surface area contributed by atoms with Gasteiger partial charge in [0, 0.05) is 24.0 Å². The minimum absolute atomic E-state index is 0. The molecule has 2 rings (SSSR count). The fourth-order valence-corrected chi connectivity index (χ4v) is 1.91. The van der Waals surface area contributed by atoms with Gasteiger partial charge in [0.2, 0.25) is 0 Å². The van der Waals surface area contributed by atoms with Gasteiger partial charge in [-0.05, 0) is 24.1 Å². The van der Waals surface area contributed by atoms with Crippen molar-refractivity contribution in [2.24, 2.45) is 10.7 Å². The highest BCUT2D eigenvalue weighted by molar-refractivity contribution is 14.0. The number of benzene rings is 1. The van der Waals surface area contributed by atoms with Crippen LogP contribution < -0.4 is 11.1 Å². The Morgan fingerprint density at radius 1 is 1.56 bits per heavy atom. The minimum Gasteiger partial charge on any atom is -0.370 e. The Balaban J connectivity index is 0.00000128. The van der Waals surface area contributed by atoms with Crippen molar-refractivity contribution >= 4 is 41.5 Å². The van der Waals surface area contributed by atoms with Gasteiger partial charge in [0.05, 0.1) is 0 Å². The molecule has 0 radical (unpaired) electrons. The summed E-state index contributed by atoms with van der Waals surface area (Å²) < 4.78 is 0. The Hall–Kier alpha value is -0.490. The van der Waals surface area contributed by atoms with Crippen LogP contribution in [0.2, 0.25) is 5.02 Å². The lowest BCUT2D eigenvalue weighted by molar-refractivity contribution is 0.857. The summed E-state index contributed by atoms with van der Waals surface area (Å²) >= 11 is 5.93. The van der Waals surface area contributed by atoms with E-state index in [9.17, 15) is 0 Å². The Kier molecular flexibility index (Phi) is 4.86. The van der Waals surface area contributed by atoms with Gasteiger partial charge in [0.15, 0.2) is 5.96 Å². The Labute approximate surface area is 117 Å². The maximum absolute atomic E-state index is 5.93.